The number of rotatable bonds is 9. The Hall–Kier alpha value is -3.24. The summed E-state index contributed by atoms with van der Waals surface area (Å²) in [5, 5.41) is 16.9. The number of aromatic nitrogens is 1. The molecule has 1 fully saturated rings. The molecule has 2 heterocycles. The van der Waals surface area contributed by atoms with Crippen molar-refractivity contribution in [2.75, 3.05) is 51.0 Å². The van der Waals surface area contributed by atoms with Crippen molar-refractivity contribution in [3.8, 4) is 11.5 Å². The van der Waals surface area contributed by atoms with Gasteiger partial charge in [-0.25, -0.2) is 4.98 Å². The molecular weight excluding hydrogens is 402 g/mol. The second kappa shape index (κ2) is 10.7. The zero-order chi connectivity index (χ0) is 22.2. The zero-order valence-corrected chi connectivity index (χ0v) is 17.7. The minimum absolute atomic E-state index is 0.0648. The SMILES string of the molecule is CNc1ccc(Oc2ccnc(NC(=O)C3CCN(CCOC)CC3)c2)cc1[N+](=O)[O-]. The Labute approximate surface area is 180 Å². The van der Waals surface area contributed by atoms with Crippen LogP contribution in [0.25, 0.3) is 0 Å². The van der Waals surface area contributed by atoms with Crippen LogP contribution >= 0.6 is 0 Å². The van der Waals surface area contributed by atoms with Gasteiger partial charge in [-0.2, -0.15) is 0 Å². The van der Waals surface area contributed by atoms with Gasteiger partial charge in [-0.3, -0.25) is 14.9 Å². The number of likely N-dealkylation sites (tertiary alicyclic amines) is 1. The first-order chi connectivity index (χ1) is 15.0. The third-order valence-corrected chi connectivity index (χ3v) is 5.22. The summed E-state index contributed by atoms with van der Waals surface area (Å²) in [5.41, 5.74) is 0.313. The number of nitro benzene ring substituents is 1. The van der Waals surface area contributed by atoms with Crippen LogP contribution in [0.2, 0.25) is 0 Å². The number of carbonyl (C=O) groups is 1. The van der Waals surface area contributed by atoms with E-state index in [1.807, 2.05) is 0 Å². The lowest BCUT2D eigenvalue weighted by atomic mass is 9.96. The zero-order valence-electron chi connectivity index (χ0n) is 17.7. The molecule has 1 saturated heterocycles. The smallest absolute Gasteiger partial charge is 0.296 e. The molecule has 0 unspecified atom stereocenters. The Bertz CT molecular complexity index is 915. The molecule has 0 bridgehead atoms. The van der Waals surface area contributed by atoms with Crippen molar-refractivity contribution in [3.05, 3.63) is 46.6 Å². The van der Waals surface area contributed by atoms with Crippen molar-refractivity contribution in [2.45, 2.75) is 12.8 Å². The monoisotopic (exact) mass is 429 g/mol. The molecule has 1 aliphatic heterocycles. The van der Waals surface area contributed by atoms with Gasteiger partial charge in [0.25, 0.3) is 5.69 Å². The lowest BCUT2D eigenvalue weighted by Gasteiger charge is -2.30. The minimum atomic E-state index is -0.475. The quantitative estimate of drug-likeness (QED) is 0.461. The average molecular weight is 429 g/mol. The fourth-order valence-corrected chi connectivity index (χ4v) is 3.48. The summed E-state index contributed by atoms with van der Waals surface area (Å²) < 4.78 is 10.8. The summed E-state index contributed by atoms with van der Waals surface area (Å²) in [5.74, 6) is 0.987. The average Bonchev–Trinajstić information content (AvgIpc) is 2.78. The second-order valence-corrected chi connectivity index (χ2v) is 7.26. The number of methoxy groups -OCH3 is 1. The number of carbonyl (C=O) groups excluding carboxylic acids is 1. The van der Waals surface area contributed by atoms with Crippen LogP contribution in [0.15, 0.2) is 36.5 Å². The maximum Gasteiger partial charge on any atom is 0.296 e. The van der Waals surface area contributed by atoms with Crippen LogP contribution in [0.4, 0.5) is 17.2 Å². The van der Waals surface area contributed by atoms with E-state index in [1.165, 1.54) is 12.3 Å². The molecule has 0 aliphatic carbocycles. The Balaban J connectivity index is 1.60. The van der Waals surface area contributed by atoms with E-state index >= 15 is 0 Å². The first-order valence-electron chi connectivity index (χ1n) is 10.1. The van der Waals surface area contributed by atoms with Crippen molar-refractivity contribution >= 4 is 23.1 Å². The van der Waals surface area contributed by atoms with E-state index in [2.05, 4.69) is 20.5 Å². The molecule has 2 aromatic rings. The predicted molar refractivity (Wildman–Crippen MR) is 117 cm³/mol. The van der Waals surface area contributed by atoms with E-state index in [0.717, 1.165) is 32.5 Å². The van der Waals surface area contributed by atoms with E-state index in [9.17, 15) is 14.9 Å². The molecule has 10 heteroatoms. The van der Waals surface area contributed by atoms with E-state index in [4.69, 9.17) is 9.47 Å². The van der Waals surface area contributed by atoms with E-state index < -0.39 is 4.92 Å². The van der Waals surface area contributed by atoms with Crippen LogP contribution < -0.4 is 15.4 Å². The molecule has 0 atom stereocenters. The van der Waals surface area contributed by atoms with Crippen molar-refractivity contribution in [1.82, 2.24) is 9.88 Å². The maximum absolute atomic E-state index is 12.6. The van der Waals surface area contributed by atoms with E-state index in [0.29, 0.717) is 29.6 Å². The van der Waals surface area contributed by atoms with Gasteiger partial charge in [0.15, 0.2) is 0 Å². The van der Waals surface area contributed by atoms with Crippen LogP contribution in [0.5, 0.6) is 11.5 Å². The van der Waals surface area contributed by atoms with Gasteiger partial charge >= 0.3 is 0 Å². The number of hydrogen-bond acceptors (Lipinski definition) is 8. The maximum atomic E-state index is 12.6. The molecule has 2 N–H and O–H groups in total. The summed E-state index contributed by atoms with van der Waals surface area (Å²) >= 11 is 0. The second-order valence-electron chi connectivity index (χ2n) is 7.26. The fraction of sp³-hybridized carbons (Fsp3) is 0.429. The van der Waals surface area contributed by atoms with Crippen LogP contribution in [0.1, 0.15) is 12.8 Å². The lowest BCUT2D eigenvalue weighted by Crippen LogP contribution is -2.39. The highest BCUT2D eigenvalue weighted by atomic mass is 16.6. The van der Waals surface area contributed by atoms with Crippen molar-refractivity contribution in [3.63, 3.8) is 0 Å². The number of nitrogens with one attached hydrogen (secondary N) is 2. The molecule has 1 aliphatic rings. The fourth-order valence-electron chi connectivity index (χ4n) is 3.48. The number of amides is 1. The van der Waals surface area contributed by atoms with Crippen molar-refractivity contribution in [2.24, 2.45) is 5.92 Å². The highest BCUT2D eigenvalue weighted by Gasteiger charge is 2.25. The van der Waals surface area contributed by atoms with Gasteiger partial charge in [0.05, 0.1) is 17.6 Å². The third-order valence-electron chi connectivity index (χ3n) is 5.22. The summed E-state index contributed by atoms with van der Waals surface area (Å²) in [6.07, 6.45) is 3.09. The van der Waals surface area contributed by atoms with E-state index in [-0.39, 0.29) is 17.5 Å². The van der Waals surface area contributed by atoms with Crippen LogP contribution in [-0.4, -0.2) is 61.1 Å². The molecule has 31 heavy (non-hydrogen) atoms. The topological polar surface area (TPSA) is 119 Å². The number of nitro groups is 1. The normalized spacial score (nSPS) is 14.8. The van der Waals surface area contributed by atoms with Gasteiger partial charge in [-0.1, -0.05) is 0 Å². The van der Waals surface area contributed by atoms with E-state index in [1.54, 1.807) is 38.4 Å². The third kappa shape index (κ3) is 6.12. The van der Waals surface area contributed by atoms with Crippen molar-refractivity contribution < 1.29 is 19.2 Å². The van der Waals surface area contributed by atoms with Gasteiger partial charge in [-0.05, 0) is 44.1 Å². The molecule has 1 aromatic heterocycles. The highest BCUT2D eigenvalue weighted by Crippen LogP contribution is 2.31. The van der Waals surface area contributed by atoms with Gasteiger partial charge in [0.2, 0.25) is 5.91 Å². The molecule has 10 nitrogen and oxygen atoms in total. The Morgan fingerprint density at radius 3 is 2.68 bits per heavy atom. The number of piperidine rings is 1. The molecule has 3 rings (SSSR count). The highest BCUT2D eigenvalue weighted by molar-refractivity contribution is 5.91. The number of pyridine rings is 1. The number of nitrogens with zero attached hydrogens (tertiary/aromatic N) is 3. The van der Waals surface area contributed by atoms with Crippen LogP contribution in [-0.2, 0) is 9.53 Å². The summed E-state index contributed by atoms with van der Waals surface area (Å²) in [4.78, 5) is 29.9. The Morgan fingerprint density at radius 2 is 2.00 bits per heavy atom. The molecule has 0 saturated carbocycles. The minimum Gasteiger partial charge on any atom is -0.457 e. The molecule has 166 valence electrons. The number of ether oxygens (including phenoxy) is 2. The van der Waals surface area contributed by atoms with Gasteiger partial charge in [0, 0.05) is 38.9 Å². The molecule has 0 radical (unpaired) electrons. The standard InChI is InChI=1S/C21H27N5O5/c1-22-18-4-3-16(13-19(18)26(28)29)31-17-5-8-23-20(14-17)24-21(27)15-6-9-25(10-7-15)11-12-30-2/h3-5,8,13-15,22H,6-7,9-12H2,1-2H3,(H,23,24,27). The van der Waals surface area contributed by atoms with Gasteiger partial charge in [-0.15, -0.1) is 0 Å². The van der Waals surface area contributed by atoms with Crippen molar-refractivity contribution in [1.29, 1.82) is 0 Å². The predicted octanol–water partition coefficient (Wildman–Crippen LogP) is 3.12. The van der Waals surface area contributed by atoms with Gasteiger partial charge in [0.1, 0.15) is 23.0 Å². The lowest BCUT2D eigenvalue weighted by molar-refractivity contribution is -0.384. The first kappa shape index (κ1) is 22.4. The van der Waals surface area contributed by atoms with Gasteiger partial charge < -0.3 is 25.0 Å². The molecule has 1 amide bonds. The first-order valence-corrected chi connectivity index (χ1v) is 10.1. The molecule has 1 aromatic carbocycles. The summed E-state index contributed by atoms with van der Waals surface area (Å²) in [6, 6.07) is 7.79. The number of hydrogen-bond donors (Lipinski definition) is 2. The molecular formula is C21H27N5O5. The Morgan fingerprint density at radius 1 is 1.26 bits per heavy atom. The number of benzene rings is 1. The number of anilines is 2. The van der Waals surface area contributed by atoms with Crippen LogP contribution in [0, 0.1) is 16.0 Å². The summed E-state index contributed by atoms with van der Waals surface area (Å²) in [7, 11) is 3.30. The van der Waals surface area contributed by atoms with Crippen LogP contribution in [0.3, 0.4) is 0 Å². The Kier molecular flexibility index (Phi) is 7.74. The summed E-state index contributed by atoms with van der Waals surface area (Å²) in [6.45, 7) is 3.28. The molecule has 0 spiro atoms. The largest absolute Gasteiger partial charge is 0.457 e.